The van der Waals surface area contributed by atoms with E-state index in [0.29, 0.717) is 47.8 Å². The lowest BCUT2D eigenvalue weighted by Crippen LogP contribution is -2.46. The number of anilines is 1. The molecule has 2 N–H and O–H groups in total. The van der Waals surface area contributed by atoms with E-state index >= 15 is 0 Å². The Bertz CT molecular complexity index is 2070. The van der Waals surface area contributed by atoms with Crippen molar-refractivity contribution in [3.05, 3.63) is 82.4 Å². The van der Waals surface area contributed by atoms with Gasteiger partial charge in [0, 0.05) is 49.3 Å². The molecule has 2 aromatic heterocycles. The predicted molar refractivity (Wildman–Crippen MR) is 205 cm³/mol. The molecule has 0 bridgehead atoms. The van der Waals surface area contributed by atoms with E-state index in [1.165, 1.54) is 5.56 Å². The lowest BCUT2D eigenvalue weighted by Gasteiger charge is -2.36. The van der Waals surface area contributed by atoms with Crippen LogP contribution < -0.4 is 25.7 Å². The molecule has 12 heteroatoms. The van der Waals surface area contributed by atoms with Crippen molar-refractivity contribution in [3.63, 3.8) is 0 Å². The fourth-order valence-electron chi connectivity index (χ4n) is 8.40. The maximum atomic E-state index is 13.6. The molecule has 4 aromatic rings. The Balaban J connectivity index is 0.842. The van der Waals surface area contributed by atoms with Crippen molar-refractivity contribution in [3.8, 4) is 11.5 Å². The second kappa shape index (κ2) is 15.4. The van der Waals surface area contributed by atoms with Crippen LogP contribution in [-0.4, -0.2) is 68.8 Å². The number of hydrogen-bond acceptors (Lipinski definition) is 8. The van der Waals surface area contributed by atoms with Gasteiger partial charge in [0.2, 0.25) is 5.91 Å². The smallest absolute Gasteiger partial charge is 0.274 e. The number of pyridine rings is 1. The summed E-state index contributed by atoms with van der Waals surface area (Å²) in [5, 5.41) is 11.0. The van der Waals surface area contributed by atoms with Crippen LogP contribution in [0.2, 0.25) is 0 Å². The molecule has 0 radical (unpaired) electrons. The van der Waals surface area contributed by atoms with Gasteiger partial charge in [-0.05, 0) is 126 Å². The zero-order chi connectivity index (χ0) is 37.3. The highest BCUT2D eigenvalue weighted by Crippen LogP contribution is 2.37. The van der Waals surface area contributed by atoms with E-state index in [9.17, 15) is 19.2 Å². The number of benzene rings is 2. The van der Waals surface area contributed by atoms with Crippen molar-refractivity contribution in [2.45, 2.75) is 108 Å². The minimum Gasteiger partial charge on any atom is -0.490 e. The lowest BCUT2D eigenvalue weighted by molar-refractivity contribution is -0.138. The Morgan fingerprint density at radius 3 is 2.37 bits per heavy atom. The van der Waals surface area contributed by atoms with Crippen LogP contribution in [0.5, 0.6) is 11.5 Å². The molecule has 2 aliphatic heterocycles. The Morgan fingerprint density at radius 2 is 1.67 bits per heavy atom. The molecule has 2 saturated carbocycles. The van der Waals surface area contributed by atoms with Gasteiger partial charge < -0.3 is 24.3 Å². The average Bonchev–Trinajstić information content (AvgIpc) is 3.92. The number of amides is 3. The second-order valence-corrected chi connectivity index (χ2v) is 15.9. The summed E-state index contributed by atoms with van der Waals surface area (Å²) in [6.45, 7) is 7.16. The third kappa shape index (κ3) is 8.08. The number of fused-ring (bicyclic) bond motifs is 1. The molecule has 8 rings (SSSR count). The SMILES string of the molecule is CC(C)Oc1cc2nn([C@H]3CC[C@H](CN4CCC(c5ccc(O[C@@H]6CCC(=O)NC6=O)cc5)CC4)CC3)cc2cc1C(=O)Nc1cccn(C2CC2)c1=O. The third-order valence-electron chi connectivity index (χ3n) is 11.5. The summed E-state index contributed by atoms with van der Waals surface area (Å²) in [6.07, 6.45) is 12.4. The van der Waals surface area contributed by atoms with Crippen LogP contribution in [0.25, 0.3) is 10.9 Å². The number of imide groups is 1. The Kier molecular flexibility index (Phi) is 10.3. The summed E-state index contributed by atoms with van der Waals surface area (Å²) >= 11 is 0. The van der Waals surface area contributed by atoms with E-state index < -0.39 is 6.10 Å². The minimum absolute atomic E-state index is 0.138. The number of nitrogens with one attached hydrogen (secondary N) is 2. The first-order valence-electron chi connectivity index (χ1n) is 19.7. The Hall–Kier alpha value is -4.97. The zero-order valence-corrected chi connectivity index (χ0v) is 31.2. The van der Waals surface area contributed by atoms with Gasteiger partial charge in [-0.15, -0.1) is 0 Å². The van der Waals surface area contributed by atoms with E-state index in [2.05, 4.69) is 38.5 Å². The molecule has 12 nitrogen and oxygen atoms in total. The predicted octanol–water partition coefficient (Wildman–Crippen LogP) is 6.37. The molecule has 3 amide bonds. The first-order chi connectivity index (χ1) is 26.2. The molecule has 2 aromatic carbocycles. The van der Waals surface area contributed by atoms with Gasteiger partial charge in [0.25, 0.3) is 17.4 Å². The molecule has 4 aliphatic rings. The molecular weight excluding hydrogens is 684 g/mol. The van der Waals surface area contributed by atoms with Gasteiger partial charge in [0.1, 0.15) is 17.2 Å². The van der Waals surface area contributed by atoms with Crippen molar-refractivity contribution in [2.24, 2.45) is 5.92 Å². The number of rotatable bonds is 11. The Morgan fingerprint density at radius 1 is 0.926 bits per heavy atom. The first kappa shape index (κ1) is 36.0. The second-order valence-electron chi connectivity index (χ2n) is 15.9. The minimum atomic E-state index is -0.618. The summed E-state index contributed by atoms with van der Waals surface area (Å²) in [6, 6.07) is 15.8. The molecule has 1 atom stereocenters. The summed E-state index contributed by atoms with van der Waals surface area (Å²) in [5.41, 5.74) is 2.58. The number of ether oxygens (including phenoxy) is 2. The Labute approximate surface area is 315 Å². The van der Waals surface area contributed by atoms with E-state index in [0.717, 1.165) is 81.9 Å². The molecule has 4 heterocycles. The van der Waals surface area contributed by atoms with Gasteiger partial charge >= 0.3 is 0 Å². The number of nitrogens with zero attached hydrogens (tertiary/aromatic N) is 4. The maximum Gasteiger partial charge on any atom is 0.274 e. The highest BCUT2D eigenvalue weighted by Gasteiger charge is 2.30. The molecule has 54 heavy (non-hydrogen) atoms. The molecule has 284 valence electrons. The van der Waals surface area contributed by atoms with E-state index in [1.807, 2.05) is 38.1 Å². The number of piperidine rings is 2. The fraction of sp³-hybridized carbons (Fsp3) is 0.500. The molecule has 0 unspecified atom stereocenters. The quantitative estimate of drug-likeness (QED) is 0.170. The van der Waals surface area contributed by atoms with Crippen LogP contribution in [0.15, 0.2) is 65.7 Å². The zero-order valence-electron chi connectivity index (χ0n) is 31.2. The molecule has 2 saturated heterocycles. The monoisotopic (exact) mass is 734 g/mol. The van der Waals surface area contributed by atoms with Gasteiger partial charge in [-0.3, -0.25) is 29.2 Å². The summed E-state index contributed by atoms with van der Waals surface area (Å²) in [7, 11) is 0. The van der Waals surface area contributed by atoms with Gasteiger partial charge in [0.15, 0.2) is 6.10 Å². The van der Waals surface area contributed by atoms with Gasteiger partial charge in [0.05, 0.1) is 23.2 Å². The average molecular weight is 735 g/mol. The summed E-state index contributed by atoms with van der Waals surface area (Å²) in [5.74, 6) is 1.32. The fourth-order valence-corrected chi connectivity index (χ4v) is 8.40. The van der Waals surface area contributed by atoms with Gasteiger partial charge in [-0.1, -0.05) is 12.1 Å². The van der Waals surface area contributed by atoms with Crippen LogP contribution in [0, 0.1) is 5.92 Å². The van der Waals surface area contributed by atoms with Crippen molar-refractivity contribution in [2.75, 3.05) is 25.0 Å². The number of hydrogen-bond donors (Lipinski definition) is 2. The van der Waals surface area contributed by atoms with Crippen molar-refractivity contribution < 1.29 is 23.9 Å². The lowest BCUT2D eigenvalue weighted by atomic mass is 9.84. The third-order valence-corrected chi connectivity index (χ3v) is 11.5. The normalized spacial score (nSPS) is 22.7. The van der Waals surface area contributed by atoms with Crippen molar-refractivity contribution in [1.82, 2.24) is 24.6 Å². The van der Waals surface area contributed by atoms with Crippen LogP contribution in [0.3, 0.4) is 0 Å². The van der Waals surface area contributed by atoms with E-state index in [-0.39, 0.29) is 41.1 Å². The van der Waals surface area contributed by atoms with Crippen LogP contribution in [-0.2, 0) is 9.59 Å². The van der Waals surface area contributed by atoms with Crippen molar-refractivity contribution in [1.29, 1.82) is 0 Å². The summed E-state index contributed by atoms with van der Waals surface area (Å²) < 4.78 is 15.8. The number of likely N-dealkylation sites (tertiary alicyclic amines) is 1. The van der Waals surface area contributed by atoms with Gasteiger partial charge in [-0.2, -0.15) is 5.10 Å². The van der Waals surface area contributed by atoms with E-state index in [1.54, 1.807) is 22.9 Å². The van der Waals surface area contributed by atoms with Crippen LogP contribution in [0.4, 0.5) is 5.69 Å². The molecule has 4 fully saturated rings. The van der Waals surface area contributed by atoms with Gasteiger partial charge in [-0.25, -0.2) is 0 Å². The highest BCUT2D eigenvalue weighted by atomic mass is 16.5. The van der Waals surface area contributed by atoms with Crippen LogP contribution in [0.1, 0.15) is 112 Å². The topological polar surface area (TPSA) is 137 Å². The largest absolute Gasteiger partial charge is 0.490 e. The highest BCUT2D eigenvalue weighted by molar-refractivity contribution is 6.08. The molecule has 2 aliphatic carbocycles. The van der Waals surface area contributed by atoms with Crippen LogP contribution >= 0.6 is 0 Å². The summed E-state index contributed by atoms with van der Waals surface area (Å²) in [4.78, 5) is 52.7. The molecule has 0 spiro atoms. The number of carbonyl (C=O) groups is 3. The maximum absolute atomic E-state index is 13.6. The standard InChI is InChI=1S/C42H50N6O6/c1-26(2)53-38-23-36-30(22-34(38)40(50)43-35-4-3-19-47(42(35)52)31-11-12-31)25-48(45-36)32-9-5-27(6-10-32)24-46-20-17-29(18-21-46)28-7-13-33(14-8-28)54-37-15-16-39(49)44-41(37)51/h3-4,7-8,13-14,19,22-23,25-27,29,31-32,37H,5-6,9-12,15-18,20-21,24H2,1-2H3,(H,43,50)(H,44,49,51)/t27-,32-,37-/m1/s1. The first-order valence-corrected chi connectivity index (χ1v) is 19.7. The number of carbonyl (C=O) groups excluding carboxylic acids is 3. The molecular formula is C42H50N6O6. The number of aromatic nitrogens is 3. The van der Waals surface area contributed by atoms with Crippen molar-refractivity contribution >= 4 is 34.3 Å². The van der Waals surface area contributed by atoms with E-state index in [4.69, 9.17) is 14.6 Å².